The Balaban J connectivity index is 0. The smallest absolute Gasteiger partial charge is 0.461 e. The van der Waals surface area contributed by atoms with Gasteiger partial charge in [0.05, 0.1) is 12.1 Å². The van der Waals surface area contributed by atoms with E-state index in [4.69, 9.17) is 9.84 Å². The molecule has 1 N–H and O–H groups in total. The number of carbonyl (C=O) groups excluding carboxylic acids is 3. The van der Waals surface area contributed by atoms with Crippen LogP contribution in [-0.2, 0) is 25.7 Å². The van der Waals surface area contributed by atoms with Crippen LogP contribution in [0.15, 0.2) is 29.3 Å². The zero-order chi connectivity index (χ0) is 22.0. The number of aliphatic hydroxyl groups is 1. The minimum Gasteiger partial charge on any atom is -0.461 e. The third-order valence-electron chi connectivity index (χ3n) is 4.74. The van der Waals surface area contributed by atoms with Crippen molar-refractivity contribution in [2.75, 3.05) is 6.61 Å². The van der Waals surface area contributed by atoms with Crippen LogP contribution in [0.1, 0.15) is 83.1 Å². The quantitative estimate of drug-likeness (QED) is 0.137. The summed E-state index contributed by atoms with van der Waals surface area (Å²) in [7, 11) is 0. The van der Waals surface area contributed by atoms with Crippen molar-refractivity contribution >= 4 is 29.4 Å². The Kier molecular flexibility index (Phi) is 23.7. The maximum Gasteiger partial charge on any atom is 1.00 e. The van der Waals surface area contributed by atoms with Crippen molar-refractivity contribution < 1.29 is 83.3 Å². The summed E-state index contributed by atoms with van der Waals surface area (Å²) in [6, 6.07) is 7.21. The van der Waals surface area contributed by atoms with E-state index >= 15 is 0 Å². The summed E-state index contributed by atoms with van der Waals surface area (Å²) in [6.45, 7) is 1.77. The van der Waals surface area contributed by atoms with Gasteiger partial charge in [0.2, 0.25) is 0 Å². The fourth-order valence-electron chi connectivity index (χ4n) is 2.87. The van der Waals surface area contributed by atoms with E-state index in [1.807, 2.05) is 0 Å². The van der Waals surface area contributed by atoms with Gasteiger partial charge in [-0.05, 0) is 24.1 Å². The molecule has 0 aliphatic carbocycles. The van der Waals surface area contributed by atoms with Crippen LogP contribution >= 0.6 is 0 Å². The Morgan fingerprint density at radius 3 is 2.12 bits per heavy atom. The van der Waals surface area contributed by atoms with Crippen LogP contribution in [0.3, 0.4) is 0 Å². The van der Waals surface area contributed by atoms with Crippen molar-refractivity contribution in [1.29, 1.82) is 0 Å². The summed E-state index contributed by atoms with van der Waals surface area (Å²) in [5, 5.41) is 8.62. The van der Waals surface area contributed by atoms with Crippen LogP contribution in [0.5, 0.6) is 0 Å². The summed E-state index contributed by atoms with van der Waals surface area (Å²) >= 11 is 0. The summed E-state index contributed by atoms with van der Waals surface area (Å²) in [6.07, 6.45) is 11.0. The maximum atomic E-state index is 11.9. The Morgan fingerprint density at radius 2 is 1.50 bits per heavy atom. The molecule has 1 rings (SSSR count). The van der Waals surface area contributed by atoms with Crippen LogP contribution in [0.4, 0.5) is 5.69 Å². The average molecular weight is 464 g/mol. The fourth-order valence-corrected chi connectivity index (χ4v) is 2.87. The van der Waals surface area contributed by atoms with Crippen LogP contribution in [-0.4, -0.2) is 35.5 Å². The minimum absolute atomic E-state index is 0. The third kappa shape index (κ3) is 18.1. The van der Waals surface area contributed by atoms with Crippen LogP contribution in [0.2, 0.25) is 0 Å². The number of aliphatic imine (C=N–C) groups is 1. The van der Waals surface area contributed by atoms with Crippen molar-refractivity contribution in [1.82, 2.24) is 0 Å². The summed E-state index contributed by atoms with van der Waals surface area (Å²) < 4.78 is 5.09. The van der Waals surface area contributed by atoms with Crippen molar-refractivity contribution in [3.63, 3.8) is 0 Å². The largest absolute Gasteiger partial charge is 1.00 e. The third-order valence-corrected chi connectivity index (χ3v) is 4.74. The number of hydrogen-bond acceptors (Lipinski definition) is 6. The van der Waals surface area contributed by atoms with Gasteiger partial charge >= 0.3 is 65.1 Å². The molecule has 1 aromatic rings. The molecule has 32 heavy (non-hydrogen) atoms. The second kappa shape index (κ2) is 22.5. The molecule has 0 saturated carbocycles. The zero-order valence-corrected chi connectivity index (χ0v) is 24.1. The number of hydrogen-bond donors (Lipinski definition) is 1. The maximum absolute atomic E-state index is 11.9. The van der Waals surface area contributed by atoms with E-state index in [0.29, 0.717) is 12.8 Å². The number of unbranched alkanes of at least 4 members (excludes halogenated alkanes) is 6. The van der Waals surface area contributed by atoms with E-state index in [-0.39, 0.29) is 90.1 Å². The molecule has 0 heterocycles. The van der Waals surface area contributed by atoms with Crippen molar-refractivity contribution in [3.05, 3.63) is 29.8 Å². The van der Waals surface area contributed by atoms with Crippen LogP contribution in [0, 0.1) is 0 Å². The first-order valence-corrected chi connectivity index (χ1v) is 11.0. The fraction of sp³-hybridized carbons (Fsp3) is 0.583. The molecule has 0 unspecified atom stereocenters. The number of benzene rings is 1. The predicted molar refractivity (Wildman–Crippen MR) is 118 cm³/mol. The number of carbonyl (C=O) groups is 3. The number of rotatable bonds is 17. The van der Waals surface area contributed by atoms with Gasteiger partial charge in [-0.25, -0.2) is 0 Å². The number of Topliss-reactive ketones (excluding diaryl/α,β-unsaturated/α-hetero) is 2. The number of aliphatic hydroxyl groups excluding tert-OH is 1. The van der Waals surface area contributed by atoms with E-state index in [2.05, 4.69) is 11.9 Å². The molecule has 0 aliphatic rings. The van der Waals surface area contributed by atoms with Gasteiger partial charge in [-0.3, -0.25) is 19.4 Å². The summed E-state index contributed by atoms with van der Waals surface area (Å²) in [4.78, 5) is 38.7. The summed E-state index contributed by atoms with van der Waals surface area (Å²) in [5.41, 5.74) is 1.55. The van der Waals surface area contributed by atoms with E-state index in [9.17, 15) is 14.4 Å². The van der Waals surface area contributed by atoms with Gasteiger partial charge in [0.1, 0.15) is 19.0 Å². The van der Waals surface area contributed by atoms with Crippen LogP contribution in [0.25, 0.3) is 0 Å². The molecule has 6 nitrogen and oxygen atoms in total. The van der Waals surface area contributed by atoms with Crippen molar-refractivity contribution in [2.24, 2.45) is 4.99 Å². The van der Waals surface area contributed by atoms with Crippen molar-refractivity contribution in [3.8, 4) is 0 Å². The molecule has 0 radical (unpaired) electrons. The molecule has 0 saturated heterocycles. The predicted octanol–water partition coefficient (Wildman–Crippen LogP) is -1.12. The van der Waals surface area contributed by atoms with Gasteiger partial charge in [-0.2, -0.15) is 0 Å². The molecule has 1 aromatic carbocycles. The molecule has 0 spiro atoms. The second-order valence-electron chi connectivity index (χ2n) is 7.45. The molecule has 0 aromatic heterocycles. The minimum atomic E-state index is -0.556. The van der Waals surface area contributed by atoms with Gasteiger partial charge in [0.15, 0.2) is 5.78 Å². The van der Waals surface area contributed by atoms with Gasteiger partial charge in [0, 0.05) is 25.5 Å². The van der Waals surface area contributed by atoms with Gasteiger partial charge < -0.3 is 9.84 Å². The molecule has 0 atom stereocenters. The van der Waals surface area contributed by atoms with Gasteiger partial charge in [-0.15, -0.1) is 0 Å². The zero-order valence-electron chi connectivity index (χ0n) is 20.1. The first-order valence-electron chi connectivity index (χ1n) is 11.0. The Labute approximate surface area is 236 Å². The standard InChI is InChI=1S/C24H35NO5.2Na/c1-2-3-4-5-6-7-8-9-22(27)16-17-25-21-12-10-20(11-13-21)19-30-24(29)15-14-23(28)18-26;;/h10-13,17,26H,2-9,14-16,18-19H2,1H3;;/q;2*+1. The molecular weight excluding hydrogens is 428 g/mol. The molecular formula is C24H35NNa2O5+2. The average Bonchev–Trinajstić information content (AvgIpc) is 2.76. The second-order valence-corrected chi connectivity index (χ2v) is 7.45. The molecule has 0 aliphatic heterocycles. The molecule has 0 fully saturated rings. The summed E-state index contributed by atoms with van der Waals surface area (Å²) in [5.74, 6) is -0.635. The van der Waals surface area contributed by atoms with Crippen LogP contribution < -0.4 is 59.1 Å². The Hall–Kier alpha value is -0.340. The molecule has 166 valence electrons. The van der Waals surface area contributed by atoms with E-state index < -0.39 is 12.6 Å². The van der Waals surface area contributed by atoms with Gasteiger partial charge in [-0.1, -0.05) is 57.6 Å². The molecule has 0 bridgehead atoms. The first kappa shape index (κ1) is 33.8. The molecule has 8 heteroatoms. The van der Waals surface area contributed by atoms with E-state index in [1.165, 1.54) is 32.1 Å². The molecule has 0 amide bonds. The van der Waals surface area contributed by atoms with E-state index in [0.717, 1.165) is 24.1 Å². The first-order chi connectivity index (χ1) is 14.5. The number of ketones is 2. The Morgan fingerprint density at radius 1 is 0.875 bits per heavy atom. The topological polar surface area (TPSA) is 93.0 Å². The SMILES string of the molecule is CCCCCCCCCC(=O)CC=Nc1ccc(COC(=O)CCC(=O)CO)cc1.[Na+].[Na+]. The monoisotopic (exact) mass is 463 g/mol. The number of esters is 1. The van der Waals surface area contributed by atoms with Gasteiger partial charge in [0.25, 0.3) is 0 Å². The normalized spacial score (nSPS) is 10.3. The Bertz CT molecular complexity index is 677. The number of ether oxygens (including phenoxy) is 1. The van der Waals surface area contributed by atoms with Crippen molar-refractivity contribution in [2.45, 2.75) is 84.2 Å². The van der Waals surface area contributed by atoms with E-state index in [1.54, 1.807) is 30.5 Å². The number of nitrogens with zero attached hydrogens (tertiary/aromatic N) is 1.